The minimum Gasteiger partial charge on any atom is -0.247 e. The minimum absolute atomic E-state index is 0.0163. The van der Waals surface area contributed by atoms with Crippen LogP contribution in [0.3, 0.4) is 0 Å². The molecule has 2 heteroatoms. The van der Waals surface area contributed by atoms with Gasteiger partial charge < -0.3 is 0 Å². The van der Waals surface area contributed by atoms with Crippen LogP contribution in [-0.2, 0) is 17.9 Å². The molecule has 2 aromatic heterocycles. The molecule has 2 heterocycles. The Hall–Kier alpha value is -3.00. The van der Waals surface area contributed by atoms with Crippen LogP contribution in [0.25, 0.3) is 33.4 Å². The van der Waals surface area contributed by atoms with Gasteiger partial charge >= 0.3 is 0 Å². The number of hydrogen-bond donors (Lipinski definition) is 0. The predicted molar refractivity (Wildman–Crippen MR) is 129 cm³/mol. The van der Waals surface area contributed by atoms with Crippen molar-refractivity contribution in [3.05, 3.63) is 83.0 Å². The Balaban J connectivity index is 1.88. The van der Waals surface area contributed by atoms with Gasteiger partial charge in [0, 0.05) is 34.1 Å². The maximum atomic E-state index is 5.22. The Bertz CT molecular complexity index is 1360. The molecule has 4 aromatic rings. The van der Waals surface area contributed by atoms with E-state index in [9.17, 15) is 0 Å². The van der Waals surface area contributed by atoms with Crippen molar-refractivity contribution in [2.24, 2.45) is 7.05 Å². The average Bonchev–Trinajstić information content (AvgIpc) is 2.73. The van der Waals surface area contributed by atoms with Crippen LogP contribution in [0, 0.1) is 13.8 Å². The van der Waals surface area contributed by atoms with Crippen molar-refractivity contribution < 1.29 is 4.57 Å². The Morgan fingerprint density at radius 1 is 0.774 bits per heavy atom. The quantitative estimate of drug-likeness (QED) is 0.326. The number of fused-ring (bicyclic) bond motifs is 4. The van der Waals surface area contributed by atoms with Crippen molar-refractivity contribution in [1.29, 1.82) is 0 Å². The molecule has 0 amide bonds. The standard InChI is InChI=1S/C29H31N2/c1-18-12-13-31(7)26(14-18)21-17-22-23(15-19(21)2)28(3,4)29(5,6)24-16-20-10-8-9-11-25(20)30-27(22)24/h8-17H,1-7H3/q+1. The van der Waals surface area contributed by atoms with Crippen LogP contribution in [0.4, 0.5) is 0 Å². The third-order valence-corrected chi connectivity index (χ3v) is 7.83. The van der Waals surface area contributed by atoms with Crippen LogP contribution >= 0.6 is 0 Å². The Labute approximate surface area is 185 Å². The summed E-state index contributed by atoms with van der Waals surface area (Å²) in [6.07, 6.45) is 2.15. The number of rotatable bonds is 1. The van der Waals surface area contributed by atoms with Gasteiger partial charge in [-0.25, -0.2) is 9.55 Å². The molecule has 0 N–H and O–H groups in total. The highest BCUT2D eigenvalue weighted by molar-refractivity contribution is 5.88. The largest absolute Gasteiger partial charge is 0.247 e. The second kappa shape index (κ2) is 6.50. The number of nitrogens with zero attached hydrogens (tertiary/aromatic N) is 2. The third kappa shape index (κ3) is 2.77. The molecule has 0 saturated carbocycles. The van der Waals surface area contributed by atoms with E-state index in [1.807, 2.05) is 0 Å². The van der Waals surface area contributed by atoms with E-state index >= 15 is 0 Å². The summed E-state index contributed by atoms with van der Waals surface area (Å²) in [4.78, 5) is 5.22. The van der Waals surface area contributed by atoms with E-state index in [1.54, 1.807) is 0 Å². The molecule has 2 aromatic carbocycles. The van der Waals surface area contributed by atoms with Gasteiger partial charge in [-0.3, -0.25) is 0 Å². The monoisotopic (exact) mass is 407 g/mol. The van der Waals surface area contributed by atoms with E-state index in [1.165, 1.54) is 44.5 Å². The summed E-state index contributed by atoms with van der Waals surface area (Å²) in [5.41, 5.74) is 11.3. The zero-order valence-corrected chi connectivity index (χ0v) is 19.7. The Kier molecular flexibility index (Phi) is 4.18. The fraction of sp³-hybridized carbons (Fsp3) is 0.310. The van der Waals surface area contributed by atoms with E-state index in [2.05, 4.69) is 114 Å². The van der Waals surface area contributed by atoms with Gasteiger partial charge in [-0.15, -0.1) is 0 Å². The molecule has 0 radical (unpaired) electrons. The lowest BCUT2D eigenvalue weighted by Gasteiger charge is -2.48. The van der Waals surface area contributed by atoms with Gasteiger partial charge in [0.15, 0.2) is 6.20 Å². The van der Waals surface area contributed by atoms with Gasteiger partial charge in [0.1, 0.15) is 7.05 Å². The Morgan fingerprint density at radius 2 is 1.48 bits per heavy atom. The lowest BCUT2D eigenvalue weighted by molar-refractivity contribution is -0.660. The SMILES string of the molecule is Cc1cc[n+](C)c(-c2cc3c(cc2C)C(C)(C)C(C)(C)c2cc4ccccc4nc2-3)c1. The lowest BCUT2D eigenvalue weighted by atomic mass is 9.56. The summed E-state index contributed by atoms with van der Waals surface area (Å²) in [5, 5.41) is 1.21. The maximum absolute atomic E-state index is 5.22. The van der Waals surface area contributed by atoms with Crippen LogP contribution in [0.15, 0.2) is 60.8 Å². The summed E-state index contributed by atoms with van der Waals surface area (Å²) in [6.45, 7) is 13.9. The molecule has 2 nitrogen and oxygen atoms in total. The summed E-state index contributed by atoms with van der Waals surface area (Å²) >= 11 is 0. The first-order chi connectivity index (χ1) is 14.6. The molecule has 0 unspecified atom stereocenters. The van der Waals surface area contributed by atoms with Crippen molar-refractivity contribution in [3.8, 4) is 22.5 Å². The molecule has 1 aliphatic carbocycles. The van der Waals surface area contributed by atoms with Gasteiger partial charge in [0.05, 0.1) is 11.2 Å². The summed E-state index contributed by atoms with van der Waals surface area (Å²) in [7, 11) is 2.13. The second-order valence-electron chi connectivity index (χ2n) is 10.2. The first kappa shape index (κ1) is 19.9. The zero-order valence-electron chi connectivity index (χ0n) is 19.7. The maximum Gasteiger partial charge on any atom is 0.212 e. The van der Waals surface area contributed by atoms with Gasteiger partial charge in [0.25, 0.3) is 0 Å². The molecule has 5 rings (SSSR count). The van der Waals surface area contributed by atoms with Crippen LogP contribution in [0.1, 0.15) is 49.9 Å². The average molecular weight is 408 g/mol. The number of hydrogen-bond acceptors (Lipinski definition) is 1. The van der Waals surface area contributed by atoms with E-state index in [4.69, 9.17) is 4.98 Å². The molecule has 0 bridgehead atoms. The van der Waals surface area contributed by atoms with E-state index in [0.717, 1.165) is 11.2 Å². The molecule has 0 aliphatic heterocycles. The lowest BCUT2D eigenvalue weighted by Crippen LogP contribution is -2.44. The van der Waals surface area contributed by atoms with Gasteiger partial charge in [-0.2, -0.15) is 0 Å². The molecule has 0 atom stereocenters. The fourth-order valence-corrected chi connectivity index (χ4v) is 5.11. The number of benzene rings is 2. The first-order valence-corrected chi connectivity index (χ1v) is 11.1. The van der Waals surface area contributed by atoms with Gasteiger partial charge in [0.2, 0.25) is 5.69 Å². The van der Waals surface area contributed by atoms with Gasteiger partial charge in [-0.05, 0) is 59.7 Å². The Morgan fingerprint density at radius 3 is 2.26 bits per heavy atom. The molecule has 0 saturated heterocycles. The zero-order chi connectivity index (χ0) is 22.1. The van der Waals surface area contributed by atoms with Gasteiger partial charge in [-0.1, -0.05) is 52.0 Å². The number of aromatic nitrogens is 2. The predicted octanol–water partition coefficient (Wildman–Crippen LogP) is 6.58. The highest BCUT2D eigenvalue weighted by Gasteiger charge is 2.47. The molecule has 31 heavy (non-hydrogen) atoms. The highest BCUT2D eigenvalue weighted by atomic mass is 14.9. The fourth-order valence-electron chi connectivity index (χ4n) is 5.11. The first-order valence-electron chi connectivity index (χ1n) is 11.1. The number of para-hydroxylation sites is 1. The number of pyridine rings is 2. The summed E-state index contributed by atoms with van der Waals surface area (Å²) in [5.74, 6) is 0. The summed E-state index contributed by atoms with van der Waals surface area (Å²) < 4.78 is 2.22. The van der Waals surface area contributed by atoms with Crippen LogP contribution in [0.5, 0.6) is 0 Å². The topological polar surface area (TPSA) is 16.8 Å². The smallest absolute Gasteiger partial charge is 0.212 e. The second-order valence-corrected chi connectivity index (χ2v) is 10.2. The molecule has 1 aliphatic rings. The molecule has 0 spiro atoms. The van der Waals surface area contributed by atoms with E-state index in [-0.39, 0.29) is 10.8 Å². The van der Waals surface area contributed by atoms with Crippen LogP contribution < -0.4 is 4.57 Å². The molecule has 0 fully saturated rings. The van der Waals surface area contributed by atoms with Crippen molar-refractivity contribution in [1.82, 2.24) is 4.98 Å². The molecular formula is C29H31N2+. The van der Waals surface area contributed by atoms with Crippen LogP contribution in [0.2, 0.25) is 0 Å². The van der Waals surface area contributed by atoms with Crippen molar-refractivity contribution >= 4 is 10.9 Å². The summed E-state index contributed by atoms with van der Waals surface area (Å²) in [6, 6.07) is 20.1. The van der Waals surface area contributed by atoms with E-state index < -0.39 is 0 Å². The normalized spacial score (nSPS) is 16.1. The van der Waals surface area contributed by atoms with Crippen molar-refractivity contribution in [3.63, 3.8) is 0 Å². The molecular weight excluding hydrogens is 376 g/mol. The molecule has 156 valence electrons. The van der Waals surface area contributed by atoms with Crippen molar-refractivity contribution in [2.45, 2.75) is 52.4 Å². The number of aryl methyl sites for hydroxylation is 3. The van der Waals surface area contributed by atoms with Crippen LogP contribution in [-0.4, -0.2) is 4.98 Å². The highest BCUT2D eigenvalue weighted by Crippen LogP contribution is 2.54. The van der Waals surface area contributed by atoms with E-state index in [0.29, 0.717) is 0 Å². The third-order valence-electron chi connectivity index (χ3n) is 7.83. The minimum atomic E-state index is -0.0334. The van der Waals surface area contributed by atoms with Crippen molar-refractivity contribution in [2.75, 3.05) is 0 Å².